The van der Waals surface area contributed by atoms with Crippen molar-refractivity contribution in [2.45, 2.75) is 20.8 Å². The van der Waals surface area contributed by atoms with Crippen LogP contribution in [0.2, 0.25) is 0 Å². The highest BCUT2D eigenvalue weighted by Crippen LogP contribution is 2.22. The first-order valence-electron chi connectivity index (χ1n) is 6.52. The van der Waals surface area contributed by atoms with Crippen LogP contribution in [-0.2, 0) is 0 Å². The molecule has 2 rings (SSSR count). The molecule has 2 aromatic carbocycles. The van der Waals surface area contributed by atoms with E-state index in [4.69, 9.17) is 9.84 Å². The molecule has 0 saturated heterocycles. The lowest BCUT2D eigenvalue weighted by atomic mass is 10.00. The van der Waals surface area contributed by atoms with Gasteiger partial charge in [-0.1, -0.05) is 29.8 Å². The summed E-state index contributed by atoms with van der Waals surface area (Å²) in [5.74, 6) is -1.62. The Morgan fingerprint density at radius 1 is 1.00 bits per heavy atom. The lowest BCUT2D eigenvalue weighted by molar-refractivity contribution is 0.0681. The molecule has 0 saturated carbocycles. The van der Waals surface area contributed by atoms with Gasteiger partial charge in [-0.15, -0.1) is 0 Å². The minimum atomic E-state index is -1.13. The molecule has 0 aliphatic heterocycles. The third-order valence-electron chi connectivity index (χ3n) is 3.20. The molecule has 0 amide bonds. The summed E-state index contributed by atoms with van der Waals surface area (Å²) < 4.78 is 5.27. The third kappa shape index (κ3) is 3.11. The normalized spacial score (nSPS) is 10.2. The zero-order chi connectivity index (χ0) is 15.6. The van der Waals surface area contributed by atoms with Crippen LogP contribution in [0.1, 0.15) is 37.4 Å². The summed E-state index contributed by atoms with van der Waals surface area (Å²) in [6.07, 6.45) is 0. The molecule has 0 aliphatic rings. The number of carbonyl (C=O) groups excluding carboxylic acids is 1. The number of rotatable bonds is 3. The van der Waals surface area contributed by atoms with Crippen LogP contribution in [0.4, 0.5) is 0 Å². The van der Waals surface area contributed by atoms with Gasteiger partial charge in [0.05, 0.1) is 5.56 Å². The molecule has 0 unspecified atom stereocenters. The van der Waals surface area contributed by atoms with E-state index in [2.05, 4.69) is 0 Å². The van der Waals surface area contributed by atoms with Crippen LogP contribution >= 0.6 is 0 Å². The van der Waals surface area contributed by atoms with Crippen molar-refractivity contribution in [2.75, 3.05) is 0 Å². The second kappa shape index (κ2) is 5.79. The van der Waals surface area contributed by atoms with Crippen LogP contribution in [0.5, 0.6) is 5.75 Å². The fraction of sp³-hybridized carbons (Fsp3) is 0.176. The number of benzene rings is 2. The molecule has 0 aromatic heterocycles. The molecule has 0 fully saturated rings. The molecular weight excluding hydrogens is 268 g/mol. The van der Waals surface area contributed by atoms with Gasteiger partial charge in [-0.25, -0.2) is 9.59 Å². The van der Waals surface area contributed by atoms with E-state index in [0.29, 0.717) is 5.56 Å². The van der Waals surface area contributed by atoms with Crippen LogP contribution in [0.3, 0.4) is 0 Å². The third-order valence-corrected chi connectivity index (χ3v) is 3.20. The smallest absolute Gasteiger partial charge is 0.344 e. The molecule has 0 spiro atoms. The Morgan fingerprint density at radius 2 is 1.57 bits per heavy atom. The van der Waals surface area contributed by atoms with Gasteiger partial charge >= 0.3 is 11.9 Å². The van der Waals surface area contributed by atoms with E-state index in [9.17, 15) is 9.59 Å². The Balaban J connectivity index is 2.38. The highest BCUT2D eigenvalue weighted by atomic mass is 16.5. The minimum Gasteiger partial charge on any atom is -0.478 e. The number of carboxylic acids is 1. The number of hydrogen-bond acceptors (Lipinski definition) is 3. The van der Waals surface area contributed by atoms with Crippen molar-refractivity contribution >= 4 is 11.9 Å². The van der Waals surface area contributed by atoms with Gasteiger partial charge in [0.25, 0.3) is 0 Å². The lowest BCUT2D eigenvalue weighted by Crippen LogP contribution is -2.14. The summed E-state index contributed by atoms with van der Waals surface area (Å²) in [5, 5.41) is 9.10. The average molecular weight is 284 g/mol. The largest absolute Gasteiger partial charge is 0.478 e. The number of ether oxygens (including phenoxy) is 1. The quantitative estimate of drug-likeness (QED) is 0.691. The van der Waals surface area contributed by atoms with E-state index >= 15 is 0 Å². The molecule has 0 radical (unpaired) electrons. The summed E-state index contributed by atoms with van der Waals surface area (Å²) in [7, 11) is 0. The zero-order valence-electron chi connectivity index (χ0n) is 12.1. The number of carboxylic acid groups (broad SMARTS) is 1. The van der Waals surface area contributed by atoms with Crippen molar-refractivity contribution in [3.8, 4) is 5.75 Å². The second-order valence-electron chi connectivity index (χ2n) is 4.96. The van der Waals surface area contributed by atoms with Crippen LogP contribution in [0.15, 0.2) is 36.4 Å². The van der Waals surface area contributed by atoms with Crippen LogP contribution < -0.4 is 4.74 Å². The van der Waals surface area contributed by atoms with Gasteiger partial charge in [-0.3, -0.25) is 0 Å². The van der Waals surface area contributed by atoms with Gasteiger partial charge in [-0.2, -0.15) is 0 Å². The van der Waals surface area contributed by atoms with Gasteiger partial charge in [0, 0.05) is 0 Å². The topological polar surface area (TPSA) is 63.6 Å². The Labute approximate surface area is 123 Å². The Bertz CT molecular complexity index is 693. The SMILES string of the molecule is Cc1cc(C)c(C(=O)Oc2ccccc2C(=O)O)c(C)c1. The summed E-state index contributed by atoms with van der Waals surface area (Å²) in [6.45, 7) is 5.62. The summed E-state index contributed by atoms with van der Waals surface area (Å²) in [5.41, 5.74) is 3.12. The summed E-state index contributed by atoms with van der Waals surface area (Å²) in [4.78, 5) is 23.5. The molecule has 1 N–H and O–H groups in total. The van der Waals surface area contributed by atoms with Gasteiger partial charge in [0.2, 0.25) is 0 Å². The van der Waals surface area contributed by atoms with Crippen LogP contribution in [0.25, 0.3) is 0 Å². The van der Waals surface area contributed by atoms with E-state index in [1.54, 1.807) is 12.1 Å². The first kappa shape index (κ1) is 14.8. The van der Waals surface area contributed by atoms with E-state index < -0.39 is 11.9 Å². The second-order valence-corrected chi connectivity index (χ2v) is 4.96. The van der Waals surface area contributed by atoms with E-state index in [1.165, 1.54) is 12.1 Å². The minimum absolute atomic E-state index is 0.0340. The molecule has 21 heavy (non-hydrogen) atoms. The molecule has 4 nitrogen and oxygen atoms in total. The first-order chi connectivity index (χ1) is 9.90. The maximum atomic E-state index is 12.3. The average Bonchev–Trinajstić information content (AvgIpc) is 2.37. The highest BCUT2D eigenvalue weighted by Gasteiger charge is 2.18. The maximum absolute atomic E-state index is 12.3. The molecular formula is C17H16O4. The standard InChI is InChI=1S/C17H16O4/c1-10-8-11(2)15(12(3)9-10)17(20)21-14-7-5-4-6-13(14)16(18)19/h4-9H,1-3H3,(H,18,19). The maximum Gasteiger partial charge on any atom is 0.344 e. The molecule has 4 heteroatoms. The molecule has 0 atom stereocenters. The van der Waals surface area contributed by atoms with Crippen molar-refractivity contribution in [1.29, 1.82) is 0 Å². The van der Waals surface area contributed by atoms with Gasteiger partial charge in [-0.05, 0) is 44.0 Å². The number of carbonyl (C=O) groups is 2. The Hall–Kier alpha value is -2.62. The number of aromatic carboxylic acids is 1. The number of para-hydroxylation sites is 1. The van der Waals surface area contributed by atoms with Crippen molar-refractivity contribution < 1.29 is 19.4 Å². The number of esters is 1. The van der Waals surface area contributed by atoms with Crippen molar-refractivity contribution in [3.05, 3.63) is 64.2 Å². The van der Waals surface area contributed by atoms with E-state index in [-0.39, 0.29) is 11.3 Å². The van der Waals surface area contributed by atoms with Gasteiger partial charge < -0.3 is 9.84 Å². The highest BCUT2D eigenvalue weighted by molar-refractivity contribution is 5.97. The first-order valence-corrected chi connectivity index (χ1v) is 6.52. The molecule has 108 valence electrons. The lowest BCUT2D eigenvalue weighted by Gasteiger charge is -2.12. The van der Waals surface area contributed by atoms with Crippen LogP contribution in [0, 0.1) is 20.8 Å². The van der Waals surface area contributed by atoms with Crippen LogP contribution in [-0.4, -0.2) is 17.0 Å². The molecule has 2 aromatic rings. The van der Waals surface area contributed by atoms with E-state index in [0.717, 1.165) is 16.7 Å². The Morgan fingerprint density at radius 3 is 2.14 bits per heavy atom. The monoisotopic (exact) mass is 284 g/mol. The zero-order valence-corrected chi connectivity index (χ0v) is 12.1. The molecule has 0 bridgehead atoms. The Kier molecular flexibility index (Phi) is 4.08. The van der Waals surface area contributed by atoms with Crippen molar-refractivity contribution in [3.63, 3.8) is 0 Å². The van der Waals surface area contributed by atoms with Gasteiger partial charge in [0.15, 0.2) is 0 Å². The van der Waals surface area contributed by atoms with E-state index in [1.807, 2.05) is 32.9 Å². The summed E-state index contributed by atoms with van der Waals surface area (Å²) >= 11 is 0. The predicted molar refractivity (Wildman–Crippen MR) is 79.0 cm³/mol. The summed E-state index contributed by atoms with van der Waals surface area (Å²) in [6, 6.07) is 9.88. The number of aryl methyl sites for hydroxylation is 3. The molecule has 0 aliphatic carbocycles. The van der Waals surface area contributed by atoms with Gasteiger partial charge in [0.1, 0.15) is 11.3 Å². The number of hydrogen-bond donors (Lipinski definition) is 1. The van der Waals surface area contributed by atoms with Crippen molar-refractivity contribution in [2.24, 2.45) is 0 Å². The van der Waals surface area contributed by atoms with Crippen molar-refractivity contribution in [1.82, 2.24) is 0 Å². The molecule has 0 heterocycles. The fourth-order valence-electron chi connectivity index (χ4n) is 2.39. The fourth-order valence-corrected chi connectivity index (χ4v) is 2.39. The predicted octanol–water partition coefficient (Wildman–Crippen LogP) is 3.53.